The van der Waals surface area contributed by atoms with Crippen LogP contribution in [0.15, 0.2) is 103 Å². The van der Waals surface area contributed by atoms with Gasteiger partial charge >= 0.3 is 0 Å². The molecule has 0 radical (unpaired) electrons. The zero-order valence-electron chi connectivity index (χ0n) is 26.5. The Bertz CT molecular complexity index is 1130. The molecule has 0 aliphatic rings. The van der Waals surface area contributed by atoms with Crippen LogP contribution >= 0.6 is 0 Å². The number of carbonyl (C=O) groups is 1. The van der Waals surface area contributed by atoms with E-state index in [0.717, 1.165) is 55.1 Å². The van der Waals surface area contributed by atoms with Gasteiger partial charge in [-0.3, -0.25) is 4.79 Å². The molecule has 3 aromatic rings. The highest BCUT2D eigenvalue weighted by atomic mass is 16.6. The quantitative estimate of drug-likeness (QED) is 0.0633. The summed E-state index contributed by atoms with van der Waals surface area (Å²) in [4.78, 5) is 11.4. The first-order valence-electron chi connectivity index (χ1n) is 16.4. The Labute approximate surface area is 265 Å². The van der Waals surface area contributed by atoms with Crippen molar-refractivity contribution in [2.45, 2.75) is 115 Å². The van der Waals surface area contributed by atoms with Crippen LogP contribution in [-0.4, -0.2) is 35.8 Å². The molecule has 5 heteroatoms. The molecule has 0 saturated heterocycles. The number of unbranched alkanes of at least 4 members (excludes halogenated alkanes) is 7. The molecule has 1 N–H and O–H groups in total. The average Bonchev–Trinajstić information content (AvgIpc) is 3.06. The lowest BCUT2D eigenvalue weighted by molar-refractivity contribution is -0.140. The molecule has 0 heterocycles. The maximum absolute atomic E-state index is 11.4. The van der Waals surface area contributed by atoms with Crippen LogP contribution < -0.4 is 0 Å². The van der Waals surface area contributed by atoms with Crippen LogP contribution in [-0.2, 0) is 38.8 Å². The average molecular weight is 601 g/mol. The van der Waals surface area contributed by atoms with E-state index in [1.807, 2.05) is 79.7 Å². The third-order valence-corrected chi connectivity index (χ3v) is 7.81. The fourth-order valence-corrected chi connectivity index (χ4v) is 5.33. The molecule has 0 amide bonds. The van der Waals surface area contributed by atoms with Crippen molar-refractivity contribution in [2.75, 3.05) is 0 Å². The van der Waals surface area contributed by atoms with Gasteiger partial charge in [0.15, 0.2) is 0 Å². The molecule has 44 heavy (non-hydrogen) atoms. The second kappa shape index (κ2) is 22.4. The summed E-state index contributed by atoms with van der Waals surface area (Å²) in [5, 5.41) is 9.44. The van der Waals surface area contributed by atoms with E-state index in [1.165, 1.54) is 38.2 Å². The zero-order valence-corrected chi connectivity index (χ0v) is 26.5. The van der Waals surface area contributed by atoms with Gasteiger partial charge in [-0.15, -0.1) is 0 Å². The summed E-state index contributed by atoms with van der Waals surface area (Å²) in [6.07, 6.45) is 13.9. The molecular weight excluding hydrogens is 548 g/mol. The van der Waals surface area contributed by atoms with Crippen molar-refractivity contribution in [1.29, 1.82) is 0 Å². The Morgan fingerprint density at radius 3 is 1.50 bits per heavy atom. The molecule has 3 aromatic carbocycles. The highest BCUT2D eigenvalue weighted by molar-refractivity contribution is 5.64. The number of aliphatic hydroxyl groups excluding tert-OH is 1. The second-order valence-corrected chi connectivity index (χ2v) is 11.6. The van der Waals surface area contributed by atoms with Gasteiger partial charge in [0, 0.05) is 0 Å². The Hall–Kier alpha value is -3.09. The Kier molecular flexibility index (Phi) is 18.0. The van der Waals surface area contributed by atoms with E-state index < -0.39 is 12.2 Å². The van der Waals surface area contributed by atoms with E-state index in [1.54, 1.807) is 0 Å². The SMILES string of the molecule is C[C@H](O)CCCCCCCCCC[C@@H](OCc1ccccc1)[C@H](OCc1ccccc1)[C@@H](/C=C/C=O)OCc1ccccc1. The van der Waals surface area contributed by atoms with Crippen LogP contribution in [0.4, 0.5) is 0 Å². The van der Waals surface area contributed by atoms with Crippen LogP contribution in [0.1, 0.15) is 87.8 Å². The van der Waals surface area contributed by atoms with Crippen LogP contribution in [0.5, 0.6) is 0 Å². The van der Waals surface area contributed by atoms with Gasteiger partial charge in [0.25, 0.3) is 0 Å². The number of allylic oxidation sites excluding steroid dienone is 1. The molecule has 238 valence electrons. The van der Waals surface area contributed by atoms with E-state index in [4.69, 9.17) is 14.2 Å². The molecule has 0 aromatic heterocycles. The van der Waals surface area contributed by atoms with Crippen LogP contribution in [0.3, 0.4) is 0 Å². The number of carbonyl (C=O) groups excluding carboxylic acids is 1. The van der Waals surface area contributed by atoms with Crippen molar-refractivity contribution in [1.82, 2.24) is 0 Å². The molecule has 0 aliphatic heterocycles. The minimum absolute atomic E-state index is 0.190. The van der Waals surface area contributed by atoms with Crippen LogP contribution in [0, 0.1) is 0 Å². The summed E-state index contributed by atoms with van der Waals surface area (Å²) in [5.41, 5.74) is 3.25. The third-order valence-electron chi connectivity index (χ3n) is 7.81. The molecule has 0 fully saturated rings. The number of hydrogen-bond acceptors (Lipinski definition) is 5. The highest BCUT2D eigenvalue weighted by Gasteiger charge is 2.31. The third kappa shape index (κ3) is 15.1. The predicted octanol–water partition coefficient (Wildman–Crippen LogP) is 8.78. The summed E-state index contributed by atoms with van der Waals surface area (Å²) in [5.74, 6) is 0. The maximum atomic E-state index is 11.4. The smallest absolute Gasteiger partial charge is 0.142 e. The molecule has 5 nitrogen and oxygen atoms in total. The molecule has 0 aliphatic carbocycles. The summed E-state index contributed by atoms with van der Waals surface area (Å²) in [6, 6.07) is 30.4. The maximum Gasteiger partial charge on any atom is 0.142 e. The number of rotatable bonds is 24. The first-order valence-corrected chi connectivity index (χ1v) is 16.4. The largest absolute Gasteiger partial charge is 0.393 e. The number of hydrogen-bond donors (Lipinski definition) is 1. The zero-order chi connectivity index (χ0) is 31.1. The van der Waals surface area contributed by atoms with E-state index >= 15 is 0 Å². The van der Waals surface area contributed by atoms with Crippen LogP contribution in [0.2, 0.25) is 0 Å². The van der Waals surface area contributed by atoms with E-state index in [-0.39, 0.29) is 12.2 Å². The van der Waals surface area contributed by atoms with Crippen molar-refractivity contribution in [3.63, 3.8) is 0 Å². The van der Waals surface area contributed by atoms with Gasteiger partial charge in [-0.05, 0) is 48.6 Å². The molecule has 4 atom stereocenters. The minimum atomic E-state index is -0.466. The first kappa shape index (κ1) is 35.4. The van der Waals surface area contributed by atoms with Crippen molar-refractivity contribution < 1.29 is 24.1 Å². The lowest BCUT2D eigenvalue weighted by Crippen LogP contribution is -2.42. The van der Waals surface area contributed by atoms with Gasteiger partial charge in [0.2, 0.25) is 0 Å². The van der Waals surface area contributed by atoms with Gasteiger partial charge < -0.3 is 19.3 Å². The number of aliphatic hydroxyl groups is 1. The van der Waals surface area contributed by atoms with Gasteiger partial charge in [-0.1, -0.05) is 142 Å². The first-order chi connectivity index (χ1) is 21.7. The van der Waals surface area contributed by atoms with Gasteiger partial charge in [-0.25, -0.2) is 0 Å². The van der Waals surface area contributed by atoms with Crippen LogP contribution in [0.25, 0.3) is 0 Å². The lowest BCUT2D eigenvalue weighted by atomic mass is 9.99. The monoisotopic (exact) mass is 600 g/mol. The van der Waals surface area contributed by atoms with Crippen molar-refractivity contribution in [2.24, 2.45) is 0 Å². The van der Waals surface area contributed by atoms with Gasteiger partial charge in [-0.2, -0.15) is 0 Å². The van der Waals surface area contributed by atoms with Crippen molar-refractivity contribution in [3.8, 4) is 0 Å². The van der Waals surface area contributed by atoms with Gasteiger partial charge in [0.05, 0.1) is 32.0 Å². The molecule has 0 spiro atoms. The molecular formula is C39H52O5. The highest BCUT2D eigenvalue weighted by Crippen LogP contribution is 2.24. The summed E-state index contributed by atoms with van der Waals surface area (Å²) < 4.78 is 19.7. The minimum Gasteiger partial charge on any atom is -0.393 e. The van der Waals surface area contributed by atoms with E-state index in [9.17, 15) is 9.90 Å². The second-order valence-electron chi connectivity index (χ2n) is 11.6. The molecule has 0 unspecified atom stereocenters. The standard InChI is InChI=1S/C39H52O5/c1-33(41)20-11-6-4-2-3-5-7-18-27-37(42-30-34-21-12-8-13-22-34)39(44-32-36-25-16-10-17-26-36)38(28-19-29-40)43-31-35-23-14-9-15-24-35/h8-10,12-17,19,21-26,28-29,33,37-39,41H,2-7,11,18,20,27,30-32H2,1H3/b28-19+/t33-,37+,38+,39-/m0/s1. The fraction of sp³-hybridized carbons (Fsp3) is 0.462. The number of ether oxygens (including phenoxy) is 3. The molecule has 3 rings (SSSR count). The number of benzene rings is 3. The normalized spacial score (nSPS) is 14.3. The number of aldehydes is 1. The van der Waals surface area contributed by atoms with E-state index in [2.05, 4.69) is 24.3 Å². The van der Waals surface area contributed by atoms with Gasteiger partial charge in [0.1, 0.15) is 18.5 Å². The predicted molar refractivity (Wildman–Crippen MR) is 178 cm³/mol. The van der Waals surface area contributed by atoms with Crippen molar-refractivity contribution >= 4 is 6.29 Å². The fourth-order valence-electron chi connectivity index (χ4n) is 5.33. The summed E-state index contributed by atoms with van der Waals surface area (Å²) in [6.45, 7) is 3.17. The summed E-state index contributed by atoms with van der Waals surface area (Å²) >= 11 is 0. The van der Waals surface area contributed by atoms with Crippen molar-refractivity contribution in [3.05, 3.63) is 120 Å². The van der Waals surface area contributed by atoms with E-state index in [0.29, 0.717) is 19.8 Å². The molecule has 0 bridgehead atoms. The topological polar surface area (TPSA) is 65.0 Å². The Morgan fingerprint density at radius 1 is 0.591 bits per heavy atom. The molecule has 0 saturated carbocycles. The summed E-state index contributed by atoms with van der Waals surface area (Å²) in [7, 11) is 0. The Morgan fingerprint density at radius 2 is 1.02 bits per heavy atom. The Balaban J connectivity index is 1.69. The lowest BCUT2D eigenvalue weighted by Gasteiger charge is -2.33.